The Morgan fingerprint density at radius 1 is 1.38 bits per heavy atom. The molecule has 0 aliphatic heterocycles. The van der Waals surface area contributed by atoms with Crippen LogP contribution in [0.4, 0.5) is 0 Å². The van der Waals surface area contributed by atoms with Crippen LogP contribution in [0.2, 0.25) is 0 Å². The molecule has 1 aromatic heterocycles. The second-order valence-corrected chi connectivity index (χ2v) is 5.13. The van der Waals surface area contributed by atoms with E-state index in [-0.39, 0.29) is 5.97 Å². The number of nitrogens with zero attached hydrogens (tertiary/aromatic N) is 1. The van der Waals surface area contributed by atoms with E-state index in [1.807, 2.05) is 34.6 Å². The van der Waals surface area contributed by atoms with E-state index in [4.69, 9.17) is 4.74 Å². The van der Waals surface area contributed by atoms with Crippen molar-refractivity contribution in [3.63, 3.8) is 0 Å². The Labute approximate surface area is 96.8 Å². The predicted octanol–water partition coefficient (Wildman–Crippen LogP) is 3.16. The number of hydrogen-bond donors (Lipinski definition) is 0. The lowest BCUT2D eigenvalue weighted by atomic mass is 10.1. The van der Waals surface area contributed by atoms with Gasteiger partial charge in [0.25, 0.3) is 0 Å². The van der Waals surface area contributed by atoms with Gasteiger partial charge in [-0.3, -0.25) is 4.98 Å². The van der Waals surface area contributed by atoms with Crippen LogP contribution in [-0.2, 0) is 4.74 Å². The van der Waals surface area contributed by atoms with E-state index < -0.39 is 5.60 Å². The van der Waals surface area contributed by atoms with E-state index in [9.17, 15) is 4.79 Å². The molecule has 0 saturated heterocycles. The summed E-state index contributed by atoms with van der Waals surface area (Å²) in [5, 5.41) is 0. The largest absolute Gasteiger partial charge is 0.456 e. The van der Waals surface area contributed by atoms with Crippen molar-refractivity contribution in [2.45, 2.75) is 46.1 Å². The minimum absolute atomic E-state index is 0.295. The van der Waals surface area contributed by atoms with Gasteiger partial charge in [0.2, 0.25) is 0 Å². The number of carbonyl (C=O) groups is 1. The quantitative estimate of drug-likeness (QED) is 0.720. The molecule has 0 bridgehead atoms. The monoisotopic (exact) mass is 221 g/mol. The van der Waals surface area contributed by atoms with Gasteiger partial charge in [-0.1, -0.05) is 13.8 Å². The summed E-state index contributed by atoms with van der Waals surface area (Å²) in [6.45, 7) is 9.66. The minimum atomic E-state index is -0.460. The van der Waals surface area contributed by atoms with Gasteiger partial charge in [0.05, 0.1) is 5.56 Å². The molecule has 88 valence electrons. The van der Waals surface area contributed by atoms with Gasteiger partial charge in [-0.05, 0) is 38.8 Å². The highest BCUT2D eigenvalue weighted by molar-refractivity contribution is 5.89. The van der Waals surface area contributed by atoms with Gasteiger partial charge in [0.1, 0.15) is 5.60 Å². The predicted molar refractivity (Wildman–Crippen MR) is 63.5 cm³/mol. The van der Waals surface area contributed by atoms with E-state index in [1.165, 1.54) is 0 Å². The van der Waals surface area contributed by atoms with Crippen LogP contribution in [0.1, 0.15) is 56.6 Å². The smallest absolute Gasteiger partial charge is 0.338 e. The molecule has 16 heavy (non-hydrogen) atoms. The molecule has 1 heterocycles. The second kappa shape index (κ2) is 4.64. The Hall–Kier alpha value is -1.38. The summed E-state index contributed by atoms with van der Waals surface area (Å²) in [4.78, 5) is 16.0. The highest BCUT2D eigenvalue weighted by Crippen LogP contribution is 2.16. The van der Waals surface area contributed by atoms with E-state index in [0.29, 0.717) is 11.5 Å². The van der Waals surface area contributed by atoms with Gasteiger partial charge in [-0.2, -0.15) is 0 Å². The molecule has 0 aliphatic carbocycles. The van der Waals surface area contributed by atoms with Crippen molar-refractivity contribution in [2.24, 2.45) is 0 Å². The zero-order chi connectivity index (χ0) is 12.3. The Balaban J connectivity index is 2.88. The van der Waals surface area contributed by atoms with E-state index in [0.717, 1.165) is 5.69 Å². The van der Waals surface area contributed by atoms with Crippen molar-refractivity contribution in [1.82, 2.24) is 4.98 Å². The van der Waals surface area contributed by atoms with E-state index in [2.05, 4.69) is 4.98 Å². The van der Waals surface area contributed by atoms with Gasteiger partial charge in [-0.15, -0.1) is 0 Å². The van der Waals surface area contributed by atoms with Crippen molar-refractivity contribution in [3.05, 3.63) is 29.6 Å². The Morgan fingerprint density at radius 3 is 2.50 bits per heavy atom. The van der Waals surface area contributed by atoms with Gasteiger partial charge >= 0.3 is 5.97 Å². The molecule has 3 nitrogen and oxygen atoms in total. The molecule has 0 amide bonds. The SMILES string of the molecule is CC(C)c1cc(C(=O)OC(C)(C)C)ccn1. The zero-order valence-corrected chi connectivity index (χ0v) is 10.6. The molecule has 3 heteroatoms. The summed E-state index contributed by atoms with van der Waals surface area (Å²) in [5.41, 5.74) is 1.01. The molecule has 0 saturated carbocycles. The molecule has 1 rings (SSSR count). The van der Waals surface area contributed by atoms with Gasteiger partial charge in [-0.25, -0.2) is 4.79 Å². The summed E-state index contributed by atoms with van der Waals surface area (Å²) in [6.07, 6.45) is 1.65. The third kappa shape index (κ3) is 3.65. The summed E-state index contributed by atoms with van der Waals surface area (Å²) < 4.78 is 5.29. The molecule has 0 aliphatic rings. The van der Waals surface area contributed by atoms with Crippen molar-refractivity contribution in [3.8, 4) is 0 Å². The lowest BCUT2D eigenvalue weighted by Crippen LogP contribution is -2.24. The maximum absolute atomic E-state index is 11.8. The highest BCUT2D eigenvalue weighted by atomic mass is 16.6. The number of aromatic nitrogens is 1. The standard InChI is InChI=1S/C13H19NO2/c1-9(2)11-8-10(6-7-14-11)12(15)16-13(3,4)5/h6-9H,1-5H3. The number of rotatable bonds is 2. The first-order valence-corrected chi connectivity index (χ1v) is 5.49. The molecule has 0 atom stereocenters. The molecule has 0 N–H and O–H groups in total. The normalized spacial score (nSPS) is 11.6. The number of carbonyl (C=O) groups excluding carboxylic acids is 1. The Morgan fingerprint density at radius 2 is 2.00 bits per heavy atom. The fourth-order valence-electron chi connectivity index (χ4n) is 1.23. The molecule has 1 aromatic rings. The lowest BCUT2D eigenvalue weighted by molar-refractivity contribution is 0.00693. The summed E-state index contributed by atoms with van der Waals surface area (Å²) in [5.74, 6) is 0.0131. The van der Waals surface area contributed by atoms with E-state index in [1.54, 1.807) is 18.3 Å². The second-order valence-electron chi connectivity index (χ2n) is 5.13. The van der Waals surface area contributed by atoms with Crippen molar-refractivity contribution >= 4 is 5.97 Å². The fourth-order valence-corrected chi connectivity index (χ4v) is 1.23. The molecule has 0 fully saturated rings. The van der Waals surface area contributed by atoms with Crippen LogP contribution in [-0.4, -0.2) is 16.6 Å². The van der Waals surface area contributed by atoms with Crippen LogP contribution in [0.3, 0.4) is 0 Å². The number of esters is 1. The van der Waals surface area contributed by atoms with Gasteiger partial charge < -0.3 is 4.74 Å². The average molecular weight is 221 g/mol. The zero-order valence-electron chi connectivity index (χ0n) is 10.6. The molecule has 0 unspecified atom stereocenters. The minimum Gasteiger partial charge on any atom is -0.456 e. The van der Waals surface area contributed by atoms with Crippen LogP contribution in [0.15, 0.2) is 18.3 Å². The summed E-state index contributed by atoms with van der Waals surface area (Å²) >= 11 is 0. The topological polar surface area (TPSA) is 39.2 Å². The highest BCUT2D eigenvalue weighted by Gasteiger charge is 2.18. The first-order chi connectivity index (χ1) is 7.29. The lowest BCUT2D eigenvalue weighted by Gasteiger charge is -2.19. The molecule has 0 spiro atoms. The van der Waals surface area contributed by atoms with Crippen LogP contribution in [0.5, 0.6) is 0 Å². The first kappa shape index (κ1) is 12.7. The van der Waals surface area contributed by atoms with Crippen molar-refractivity contribution in [1.29, 1.82) is 0 Å². The van der Waals surface area contributed by atoms with Gasteiger partial charge in [0, 0.05) is 11.9 Å². The molecule has 0 radical (unpaired) electrons. The third-order valence-electron chi connectivity index (χ3n) is 2.01. The number of pyridine rings is 1. The maximum Gasteiger partial charge on any atom is 0.338 e. The average Bonchev–Trinajstić information content (AvgIpc) is 2.15. The van der Waals surface area contributed by atoms with Gasteiger partial charge in [0.15, 0.2) is 0 Å². The fraction of sp³-hybridized carbons (Fsp3) is 0.538. The number of ether oxygens (including phenoxy) is 1. The Kier molecular flexibility index (Phi) is 3.68. The van der Waals surface area contributed by atoms with Crippen molar-refractivity contribution in [2.75, 3.05) is 0 Å². The first-order valence-electron chi connectivity index (χ1n) is 5.49. The summed E-state index contributed by atoms with van der Waals surface area (Å²) in [6, 6.07) is 3.47. The number of hydrogen-bond acceptors (Lipinski definition) is 3. The van der Waals surface area contributed by atoms with Crippen molar-refractivity contribution < 1.29 is 9.53 Å². The van der Waals surface area contributed by atoms with Crippen LogP contribution in [0.25, 0.3) is 0 Å². The molecular weight excluding hydrogens is 202 g/mol. The summed E-state index contributed by atoms with van der Waals surface area (Å²) in [7, 11) is 0. The Bertz CT molecular complexity index is 378. The third-order valence-corrected chi connectivity index (χ3v) is 2.01. The maximum atomic E-state index is 11.8. The molecular formula is C13H19NO2. The van der Waals surface area contributed by atoms with Crippen LogP contribution in [0, 0.1) is 0 Å². The van der Waals surface area contributed by atoms with E-state index >= 15 is 0 Å². The molecule has 0 aromatic carbocycles. The van der Waals surface area contributed by atoms with Crippen LogP contribution < -0.4 is 0 Å². The van der Waals surface area contributed by atoms with Crippen LogP contribution >= 0.6 is 0 Å².